The highest BCUT2D eigenvalue weighted by Crippen LogP contribution is 2.39. The Balaban J connectivity index is 1.93. The van der Waals surface area contributed by atoms with E-state index in [0.717, 1.165) is 11.3 Å². The second-order valence-electron chi connectivity index (χ2n) is 5.96. The molecule has 4 rings (SSSR count). The molecular weight excluding hydrogens is 376 g/mol. The molecule has 1 amide bonds. The number of benzene rings is 1. The van der Waals surface area contributed by atoms with Gasteiger partial charge in [-0.2, -0.15) is 8.42 Å². The number of fused-ring (bicyclic) bond motifs is 3. The zero-order chi connectivity index (χ0) is 18.5. The van der Waals surface area contributed by atoms with Gasteiger partial charge < -0.3 is 9.84 Å². The van der Waals surface area contributed by atoms with Gasteiger partial charge in [0.15, 0.2) is 0 Å². The molecule has 1 atom stereocenters. The topological polar surface area (TPSA) is 88.8 Å². The van der Waals surface area contributed by atoms with E-state index in [2.05, 4.69) is 0 Å². The van der Waals surface area contributed by atoms with E-state index >= 15 is 0 Å². The van der Waals surface area contributed by atoms with E-state index in [-0.39, 0.29) is 17.4 Å². The highest BCUT2D eigenvalue weighted by Gasteiger charge is 2.30. The fraction of sp³-hybridized carbons (Fsp3) is 0.235. The Morgan fingerprint density at radius 2 is 2.12 bits per heavy atom. The molecule has 2 aromatic heterocycles. The Labute approximate surface area is 154 Å². The Morgan fingerprint density at radius 3 is 2.81 bits per heavy atom. The summed E-state index contributed by atoms with van der Waals surface area (Å²) in [5.41, 5.74) is 1.18. The van der Waals surface area contributed by atoms with Gasteiger partial charge in [0.25, 0.3) is 10.0 Å². The van der Waals surface area contributed by atoms with Gasteiger partial charge in [0, 0.05) is 17.1 Å². The molecule has 9 heteroatoms. The number of ether oxygens (including phenoxy) is 1. The van der Waals surface area contributed by atoms with Crippen molar-refractivity contribution in [1.29, 1.82) is 0 Å². The van der Waals surface area contributed by atoms with Gasteiger partial charge in [-0.15, -0.1) is 11.3 Å². The molecule has 3 aromatic rings. The molecule has 0 spiro atoms. The van der Waals surface area contributed by atoms with Gasteiger partial charge in [0.1, 0.15) is 16.6 Å². The van der Waals surface area contributed by atoms with Crippen LogP contribution < -0.4 is 4.74 Å². The molecule has 0 fully saturated rings. The predicted octanol–water partition coefficient (Wildman–Crippen LogP) is 3.37. The Hall–Kier alpha value is -2.52. The van der Waals surface area contributed by atoms with Crippen LogP contribution in [-0.4, -0.2) is 41.6 Å². The number of carbonyl (C=O) groups is 1. The van der Waals surface area contributed by atoms with Crippen LogP contribution in [0.5, 0.6) is 5.75 Å². The minimum absolute atomic E-state index is 0.251. The molecule has 136 valence electrons. The Morgan fingerprint density at radius 1 is 1.31 bits per heavy atom. The van der Waals surface area contributed by atoms with Crippen LogP contribution in [0.25, 0.3) is 10.9 Å². The third kappa shape index (κ3) is 2.46. The van der Waals surface area contributed by atoms with Crippen molar-refractivity contribution < 1.29 is 23.1 Å². The SMILES string of the molecule is CC1c2c(ccc3c2ccn3S(=O)(=O)c2cccs2)OCCN1C(=O)O. The van der Waals surface area contributed by atoms with Crippen LogP contribution in [0.4, 0.5) is 4.79 Å². The van der Waals surface area contributed by atoms with Crippen molar-refractivity contribution in [3.63, 3.8) is 0 Å². The van der Waals surface area contributed by atoms with Gasteiger partial charge in [-0.05, 0) is 36.6 Å². The second kappa shape index (κ2) is 6.03. The van der Waals surface area contributed by atoms with Crippen LogP contribution in [0.3, 0.4) is 0 Å². The summed E-state index contributed by atoms with van der Waals surface area (Å²) in [4.78, 5) is 12.9. The molecule has 7 nitrogen and oxygen atoms in total. The van der Waals surface area contributed by atoms with Gasteiger partial charge in [-0.25, -0.2) is 8.77 Å². The first-order chi connectivity index (χ1) is 12.4. The molecule has 0 radical (unpaired) electrons. The van der Waals surface area contributed by atoms with Crippen LogP contribution in [0, 0.1) is 0 Å². The average molecular weight is 392 g/mol. The van der Waals surface area contributed by atoms with Crippen molar-refractivity contribution in [1.82, 2.24) is 8.87 Å². The summed E-state index contributed by atoms with van der Waals surface area (Å²) in [7, 11) is -3.70. The summed E-state index contributed by atoms with van der Waals surface area (Å²) in [6.45, 7) is 2.29. The van der Waals surface area contributed by atoms with Gasteiger partial charge in [-0.3, -0.25) is 4.90 Å². The van der Waals surface area contributed by atoms with E-state index in [9.17, 15) is 18.3 Å². The lowest BCUT2D eigenvalue weighted by atomic mass is 10.0. The van der Waals surface area contributed by atoms with Crippen molar-refractivity contribution >= 4 is 38.4 Å². The molecule has 0 saturated heterocycles. The van der Waals surface area contributed by atoms with Gasteiger partial charge in [-0.1, -0.05) is 6.07 Å². The number of hydrogen-bond acceptors (Lipinski definition) is 5. The smallest absolute Gasteiger partial charge is 0.407 e. The number of hydrogen-bond donors (Lipinski definition) is 1. The van der Waals surface area contributed by atoms with Crippen LogP contribution in [0.1, 0.15) is 18.5 Å². The lowest BCUT2D eigenvalue weighted by molar-refractivity contribution is 0.125. The number of aromatic nitrogens is 1. The van der Waals surface area contributed by atoms with Gasteiger partial charge >= 0.3 is 6.09 Å². The van der Waals surface area contributed by atoms with E-state index < -0.39 is 22.2 Å². The third-order valence-corrected chi connectivity index (χ3v) is 7.63. The molecule has 0 saturated carbocycles. The molecular formula is C17H16N2O5S2. The lowest BCUT2D eigenvalue weighted by Gasteiger charge is -2.24. The van der Waals surface area contributed by atoms with E-state index in [4.69, 9.17) is 4.74 Å². The summed E-state index contributed by atoms with van der Waals surface area (Å²) in [6, 6.07) is 7.91. The third-order valence-electron chi connectivity index (χ3n) is 4.57. The highest BCUT2D eigenvalue weighted by atomic mass is 32.2. The Kier molecular flexibility index (Phi) is 3.92. The van der Waals surface area contributed by atoms with Crippen LogP contribution >= 0.6 is 11.3 Å². The van der Waals surface area contributed by atoms with E-state index in [1.54, 1.807) is 42.6 Å². The molecule has 1 aliphatic rings. The summed E-state index contributed by atoms with van der Waals surface area (Å²) >= 11 is 1.15. The van der Waals surface area contributed by atoms with E-state index in [1.165, 1.54) is 15.1 Å². The minimum atomic E-state index is -3.70. The maximum atomic E-state index is 12.9. The summed E-state index contributed by atoms with van der Waals surface area (Å²) < 4.78 is 33.0. The summed E-state index contributed by atoms with van der Waals surface area (Å²) in [5, 5.41) is 11.8. The summed E-state index contributed by atoms with van der Waals surface area (Å²) in [6.07, 6.45) is 0.472. The maximum Gasteiger partial charge on any atom is 0.407 e. The molecule has 1 aromatic carbocycles. The normalized spacial score (nSPS) is 17.6. The summed E-state index contributed by atoms with van der Waals surface area (Å²) in [5.74, 6) is 0.583. The monoisotopic (exact) mass is 392 g/mol. The molecule has 26 heavy (non-hydrogen) atoms. The fourth-order valence-corrected chi connectivity index (χ4v) is 5.76. The molecule has 0 bridgehead atoms. The van der Waals surface area contributed by atoms with Crippen LogP contribution in [0.15, 0.2) is 46.1 Å². The fourth-order valence-electron chi connectivity index (χ4n) is 3.33. The maximum absolute atomic E-state index is 12.9. The number of amides is 1. The predicted molar refractivity (Wildman–Crippen MR) is 97.5 cm³/mol. The molecule has 3 heterocycles. The zero-order valence-electron chi connectivity index (χ0n) is 13.8. The number of thiophene rings is 1. The number of carboxylic acid groups (broad SMARTS) is 1. The van der Waals surface area contributed by atoms with E-state index in [1.807, 2.05) is 0 Å². The van der Waals surface area contributed by atoms with Crippen molar-refractivity contribution in [2.75, 3.05) is 13.2 Å². The highest BCUT2D eigenvalue weighted by molar-refractivity contribution is 7.92. The van der Waals surface area contributed by atoms with Crippen LogP contribution in [0.2, 0.25) is 0 Å². The first kappa shape index (κ1) is 16.9. The number of rotatable bonds is 2. The van der Waals surface area contributed by atoms with Gasteiger partial charge in [0.05, 0.1) is 18.1 Å². The van der Waals surface area contributed by atoms with Crippen molar-refractivity contribution in [2.24, 2.45) is 0 Å². The molecule has 1 aliphatic heterocycles. The number of nitrogens with zero attached hydrogens (tertiary/aromatic N) is 2. The standard InChI is InChI=1S/C17H16N2O5S2/c1-11-16-12-6-7-19(26(22,23)15-3-2-10-25-15)13(12)4-5-14(16)24-9-8-18(11)17(20)21/h2-7,10-11H,8-9H2,1H3,(H,20,21). The quantitative estimate of drug-likeness (QED) is 0.722. The van der Waals surface area contributed by atoms with Gasteiger partial charge in [0.2, 0.25) is 0 Å². The minimum Gasteiger partial charge on any atom is -0.491 e. The average Bonchev–Trinajstić information content (AvgIpc) is 3.24. The lowest BCUT2D eigenvalue weighted by Crippen LogP contribution is -2.33. The van der Waals surface area contributed by atoms with Crippen molar-refractivity contribution in [2.45, 2.75) is 17.2 Å². The first-order valence-corrected chi connectivity index (χ1v) is 10.3. The largest absolute Gasteiger partial charge is 0.491 e. The second-order valence-corrected chi connectivity index (χ2v) is 8.95. The Bertz CT molecular complexity index is 1090. The van der Waals surface area contributed by atoms with E-state index in [0.29, 0.717) is 22.2 Å². The van der Waals surface area contributed by atoms with Crippen LogP contribution in [-0.2, 0) is 10.0 Å². The molecule has 1 N–H and O–H groups in total. The molecule has 0 aliphatic carbocycles. The van der Waals surface area contributed by atoms with Crippen molar-refractivity contribution in [3.8, 4) is 5.75 Å². The molecule has 1 unspecified atom stereocenters. The zero-order valence-corrected chi connectivity index (χ0v) is 15.5. The first-order valence-electron chi connectivity index (χ1n) is 7.96. The van der Waals surface area contributed by atoms with Crippen molar-refractivity contribution in [3.05, 3.63) is 47.5 Å².